The number of ether oxygens (including phenoxy) is 1. The second-order valence-corrected chi connectivity index (χ2v) is 5.67. The lowest BCUT2D eigenvalue weighted by Gasteiger charge is -2.05. The highest BCUT2D eigenvalue weighted by atomic mass is 35.7. The molecular formula is C10H11ClO4S. The maximum absolute atomic E-state index is 11.4. The number of aryl methyl sites for hydroxylation is 1. The number of esters is 1. The van der Waals surface area contributed by atoms with E-state index < -0.39 is 15.0 Å². The zero-order chi connectivity index (χ0) is 12.3. The summed E-state index contributed by atoms with van der Waals surface area (Å²) in [7, 11) is 1.40. The van der Waals surface area contributed by atoms with Crippen molar-refractivity contribution in [1.82, 2.24) is 0 Å². The van der Waals surface area contributed by atoms with Gasteiger partial charge in [-0.3, -0.25) is 0 Å². The molecule has 0 atom stereocenters. The van der Waals surface area contributed by atoms with E-state index in [4.69, 9.17) is 15.4 Å². The third kappa shape index (κ3) is 2.96. The molecule has 1 aromatic rings. The Morgan fingerprint density at radius 2 is 2.06 bits per heavy atom. The molecule has 0 heterocycles. The minimum absolute atomic E-state index is 0.0697. The van der Waals surface area contributed by atoms with Gasteiger partial charge in [0.1, 0.15) is 0 Å². The van der Waals surface area contributed by atoms with E-state index in [2.05, 4.69) is 0 Å². The van der Waals surface area contributed by atoms with Crippen LogP contribution in [0.25, 0.3) is 0 Å². The van der Waals surface area contributed by atoms with Crippen molar-refractivity contribution in [2.45, 2.75) is 18.7 Å². The van der Waals surface area contributed by atoms with E-state index >= 15 is 0 Å². The first-order chi connectivity index (χ1) is 7.36. The zero-order valence-electron chi connectivity index (χ0n) is 8.86. The number of hydrogen-bond acceptors (Lipinski definition) is 4. The van der Waals surface area contributed by atoms with Crippen LogP contribution >= 0.6 is 10.7 Å². The number of halogens is 1. The number of carbonyl (C=O) groups is 1. The maximum Gasteiger partial charge on any atom is 0.338 e. The van der Waals surface area contributed by atoms with Gasteiger partial charge in [-0.1, -0.05) is 6.07 Å². The lowest BCUT2D eigenvalue weighted by atomic mass is 10.1. The molecule has 0 aromatic heterocycles. The van der Waals surface area contributed by atoms with Gasteiger partial charge in [-0.15, -0.1) is 0 Å². The van der Waals surface area contributed by atoms with Crippen molar-refractivity contribution in [1.29, 1.82) is 0 Å². The lowest BCUT2D eigenvalue weighted by Crippen LogP contribution is -2.06. The van der Waals surface area contributed by atoms with Gasteiger partial charge in [0.15, 0.2) is 0 Å². The molecule has 1 rings (SSSR count). The fourth-order valence-corrected chi connectivity index (χ4v) is 2.42. The summed E-state index contributed by atoms with van der Waals surface area (Å²) in [6.45, 7) is 3.51. The lowest BCUT2D eigenvalue weighted by molar-refractivity contribution is 0.0526. The molecule has 0 amide bonds. The number of hydrogen-bond donors (Lipinski definition) is 0. The molecule has 0 bridgehead atoms. The second-order valence-electron chi connectivity index (χ2n) is 3.14. The van der Waals surface area contributed by atoms with E-state index in [1.165, 1.54) is 18.2 Å². The Kier molecular flexibility index (Phi) is 3.93. The third-order valence-corrected chi connectivity index (χ3v) is 3.43. The minimum atomic E-state index is -3.84. The molecule has 0 aliphatic carbocycles. The molecule has 0 saturated carbocycles. The molecule has 0 fully saturated rings. The van der Waals surface area contributed by atoms with Crippen LogP contribution in [0, 0.1) is 6.92 Å². The van der Waals surface area contributed by atoms with Crippen molar-refractivity contribution < 1.29 is 17.9 Å². The van der Waals surface area contributed by atoms with E-state index in [1.807, 2.05) is 0 Å². The Bertz CT molecular complexity index is 508. The molecule has 88 valence electrons. The maximum atomic E-state index is 11.4. The summed E-state index contributed by atoms with van der Waals surface area (Å²) < 4.78 is 27.2. The first-order valence-electron chi connectivity index (χ1n) is 4.58. The summed E-state index contributed by atoms with van der Waals surface area (Å²) in [5, 5.41) is 0. The summed E-state index contributed by atoms with van der Waals surface area (Å²) >= 11 is 0. The number of carbonyl (C=O) groups excluding carboxylic acids is 1. The first kappa shape index (κ1) is 13.0. The van der Waals surface area contributed by atoms with Crippen LogP contribution in [0.15, 0.2) is 23.1 Å². The predicted molar refractivity (Wildman–Crippen MR) is 60.2 cm³/mol. The summed E-state index contributed by atoms with van der Waals surface area (Å²) in [5.74, 6) is -0.566. The molecule has 1 aromatic carbocycles. The van der Waals surface area contributed by atoms with Crippen LogP contribution in [0.3, 0.4) is 0 Å². The highest BCUT2D eigenvalue weighted by Gasteiger charge is 2.16. The molecule has 0 N–H and O–H groups in total. The van der Waals surface area contributed by atoms with Crippen LogP contribution < -0.4 is 0 Å². The standard InChI is InChI=1S/C10H11ClO4S/c1-3-15-10(12)8-5-4-7(2)9(6-8)16(11,13)14/h4-6H,3H2,1-2H3. The van der Waals surface area contributed by atoms with Crippen LogP contribution in [0.2, 0.25) is 0 Å². The normalized spacial score (nSPS) is 11.2. The Labute approximate surface area is 98.6 Å². The fourth-order valence-electron chi connectivity index (χ4n) is 1.20. The predicted octanol–water partition coefficient (Wildman–Crippen LogP) is 2.10. The van der Waals surface area contributed by atoms with E-state index in [-0.39, 0.29) is 17.1 Å². The van der Waals surface area contributed by atoms with Gasteiger partial charge in [-0.05, 0) is 31.5 Å². The topological polar surface area (TPSA) is 60.4 Å². The fraction of sp³-hybridized carbons (Fsp3) is 0.300. The highest BCUT2D eigenvalue weighted by Crippen LogP contribution is 2.21. The van der Waals surface area contributed by atoms with Crippen molar-refractivity contribution in [3.63, 3.8) is 0 Å². The number of benzene rings is 1. The average Bonchev–Trinajstić information content (AvgIpc) is 2.16. The Hall–Kier alpha value is -1.07. The molecule has 6 heteroatoms. The van der Waals surface area contributed by atoms with Gasteiger partial charge < -0.3 is 4.74 Å². The van der Waals surface area contributed by atoms with Gasteiger partial charge in [0.2, 0.25) is 0 Å². The van der Waals surface area contributed by atoms with Crippen molar-refractivity contribution in [2.24, 2.45) is 0 Å². The minimum Gasteiger partial charge on any atom is -0.462 e. The molecule has 0 spiro atoms. The van der Waals surface area contributed by atoms with Crippen LogP contribution in [0.1, 0.15) is 22.8 Å². The summed E-state index contributed by atoms with van der Waals surface area (Å²) in [6, 6.07) is 4.23. The largest absolute Gasteiger partial charge is 0.462 e. The summed E-state index contributed by atoms with van der Waals surface area (Å²) in [6.07, 6.45) is 0. The average molecular weight is 263 g/mol. The highest BCUT2D eigenvalue weighted by molar-refractivity contribution is 8.13. The van der Waals surface area contributed by atoms with Gasteiger partial charge in [0.25, 0.3) is 9.05 Å². The Balaban J connectivity index is 3.23. The van der Waals surface area contributed by atoms with Crippen LogP contribution in [-0.2, 0) is 13.8 Å². The molecular weight excluding hydrogens is 252 g/mol. The van der Waals surface area contributed by atoms with Crippen molar-refractivity contribution in [3.05, 3.63) is 29.3 Å². The molecule has 4 nitrogen and oxygen atoms in total. The van der Waals surface area contributed by atoms with Crippen LogP contribution in [-0.4, -0.2) is 21.0 Å². The van der Waals surface area contributed by atoms with Crippen LogP contribution in [0.5, 0.6) is 0 Å². The monoisotopic (exact) mass is 262 g/mol. The van der Waals surface area contributed by atoms with Gasteiger partial charge in [-0.2, -0.15) is 0 Å². The Morgan fingerprint density at radius 3 is 2.56 bits per heavy atom. The van der Waals surface area contributed by atoms with Crippen LogP contribution in [0.4, 0.5) is 0 Å². The molecule has 16 heavy (non-hydrogen) atoms. The van der Waals surface area contributed by atoms with E-state index in [1.54, 1.807) is 13.8 Å². The molecule has 0 saturated heterocycles. The first-order valence-corrected chi connectivity index (χ1v) is 6.89. The third-order valence-electron chi connectivity index (χ3n) is 1.96. The smallest absolute Gasteiger partial charge is 0.338 e. The van der Waals surface area contributed by atoms with E-state index in [0.29, 0.717) is 5.56 Å². The van der Waals surface area contributed by atoms with Gasteiger partial charge in [-0.25, -0.2) is 13.2 Å². The Morgan fingerprint density at radius 1 is 1.44 bits per heavy atom. The SMILES string of the molecule is CCOC(=O)c1ccc(C)c(S(=O)(=O)Cl)c1. The van der Waals surface area contributed by atoms with E-state index in [0.717, 1.165) is 0 Å². The second kappa shape index (κ2) is 4.84. The van der Waals surface area contributed by atoms with Crippen molar-refractivity contribution in [2.75, 3.05) is 6.61 Å². The summed E-state index contributed by atoms with van der Waals surface area (Å²) in [4.78, 5) is 11.3. The van der Waals surface area contributed by atoms with E-state index in [9.17, 15) is 13.2 Å². The molecule has 0 radical (unpaired) electrons. The summed E-state index contributed by atoms with van der Waals surface area (Å²) in [5.41, 5.74) is 0.662. The van der Waals surface area contributed by atoms with Gasteiger partial charge >= 0.3 is 5.97 Å². The zero-order valence-corrected chi connectivity index (χ0v) is 10.4. The molecule has 0 aliphatic rings. The van der Waals surface area contributed by atoms with Gasteiger partial charge in [0.05, 0.1) is 17.1 Å². The van der Waals surface area contributed by atoms with Gasteiger partial charge in [0, 0.05) is 10.7 Å². The molecule has 0 unspecified atom stereocenters. The molecule has 0 aliphatic heterocycles. The number of rotatable bonds is 3. The quantitative estimate of drug-likeness (QED) is 0.618. The van der Waals surface area contributed by atoms with Crippen molar-refractivity contribution >= 4 is 25.7 Å². The van der Waals surface area contributed by atoms with Crippen molar-refractivity contribution in [3.8, 4) is 0 Å².